The van der Waals surface area contributed by atoms with Gasteiger partial charge in [0, 0.05) is 53.0 Å². The second-order valence-electron chi connectivity index (χ2n) is 14.1. The van der Waals surface area contributed by atoms with E-state index >= 15 is 0 Å². The zero-order valence-corrected chi connectivity index (χ0v) is 29.4. The molecule has 250 valence electrons. The van der Waals surface area contributed by atoms with Crippen molar-refractivity contribution in [3.05, 3.63) is 158 Å². The van der Waals surface area contributed by atoms with Crippen molar-refractivity contribution in [2.45, 2.75) is 0 Å². The highest BCUT2D eigenvalue weighted by atomic mass is 32.1. The highest BCUT2D eigenvalue weighted by molar-refractivity contribution is 7.25. The Hall–Kier alpha value is -7.02. The maximum Gasteiger partial charge on any atom is 0.235 e. The molecule has 54 heavy (non-hydrogen) atoms. The van der Waals surface area contributed by atoms with Crippen LogP contribution in [0.3, 0.4) is 0 Å². The maximum absolute atomic E-state index is 6.39. The SMILES string of the molecule is c1ccc2c(c1)Oc1cccc3nc(-n4c5ccccc5c5c6ccccc6c6c7ccccc7n(-c7ccc8c(c7)sc7ccccc78)c6c54)nc-2c13. The van der Waals surface area contributed by atoms with Crippen molar-refractivity contribution in [2.75, 3.05) is 0 Å². The first-order chi connectivity index (χ1) is 26.8. The minimum atomic E-state index is 0.630. The second-order valence-corrected chi connectivity index (χ2v) is 15.2. The number of ether oxygens (including phenoxy) is 1. The number of hydrogen-bond acceptors (Lipinski definition) is 4. The van der Waals surface area contributed by atoms with E-state index in [2.05, 4.69) is 137 Å². The fourth-order valence-electron chi connectivity index (χ4n) is 9.11. The molecule has 0 unspecified atom stereocenters. The normalized spacial score (nSPS) is 12.6. The molecule has 4 aromatic heterocycles. The average Bonchev–Trinajstić information content (AvgIpc) is 3.89. The summed E-state index contributed by atoms with van der Waals surface area (Å²) in [6.45, 7) is 0. The van der Waals surface area contributed by atoms with E-state index in [9.17, 15) is 0 Å². The third-order valence-electron chi connectivity index (χ3n) is 11.3. The molecule has 0 saturated heterocycles. The van der Waals surface area contributed by atoms with Gasteiger partial charge in [-0.1, -0.05) is 103 Å². The molecule has 0 atom stereocenters. The lowest BCUT2D eigenvalue weighted by atomic mass is 9.98. The minimum Gasteiger partial charge on any atom is -0.456 e. The molecule has 0 radical (unpaired) electrons. The molecule has 0 aliphatic carbocycles. The zero-order valence-electron chi connectivity index (χ0n) is 28.6. The summed E-state index contributed by atoms with van der Waals surface area (Å²) in [4.78, 5) is 10.9. The summed E-state index contributed by atoms with van der Waals surface area (Å²) in [6.07, 6.45) is 0. The van der Waals surface area contributed by atoms with Crippen LogP contribution in [0.4, 0.5) is 0 Å². The van der Waals surface area contributed by atoms with Crippen molar-refractivity contribution in [1.82, 2.24) is 19.1 Å². The predicted molar refractivity (Wildman–Crippen MR) is 224 cm³/mol. The summed E-state index contributed by atoms with van der Waals surface area (Å²) in [6, 6.07) is 56.3. The van der Waals surface area contributed by atoms with Gasteiger partial charge in [0.15, 0.2) is 0 Å². The van der Waals surface area contributed by atoms with Crippen LogP contribution < -0.4 is 4.74 Å². The average molecular weight is 707 g/mol. The van der Waals surface area contributed by atoms with E-state index in [1.54, 1.807) is 0 Å². The monoisotopic (exact) mass is 706 g/mol. The Balaban J connectivity index is 1.26. The van der Waals surface area contributed by atoms with Crippen LogP contribution in [-0.2, 0) is 0 Å². The molecule has 0 amide bonds. The highest BCUT2D eigenvalue weighted by Crippen LogP contribution is 2.49. The molecule has 13 rings (SSSR count). The van der Waals surface area contributed by atoms with Gasteiger partial charge in [0.25, 0.3) is 0 Å². The van der Waals surface area contributed by atoms with Crippen LogP contribution in [-0.4, -0.2) is 19.1 Å². The van der Waals surface area contributed by atoms with E-state index < -0.39 is 0 Å². The molecule has 1 aliphatic heterocycles. The maximum atomic E-state index is 6.39. The van der Waals surface area contributed by atoms with Crippen LogP contribution >= 0.6 is 11.3 Å². The fraction of sp³-hybridized carbons (Fsp3) is 0. The number of thiophene rings is 1. The number of rotatable bonds is 2. The lowest BCUT2D eigenvalue weighted by molar-refractivity contribution is 0.486. The Bertz CT molecular complexity index is 3610. The van der Waals surface area contributed by atoms with Gasteiger partial charge in [-0.05, 0) is 65.4 Å². The Morgan fingerprint density at radius 3 is 1.85 bits per heavy atom. The van der Waals surface area contributed by atoms with E-state index in [0.29, 0.717) is 5.95 Å². The van der Waals surface area contributed by atoms with Gasteiger partial charge in [-0.25, -0.2) is 9.97 Å². The Labute approximate surface area is 311 Å². The zero-order chi connectivity index (χ0) is 35.1. The van der Waals surface area contributed by atoms with E-state index in [1.807, 2.05) is 41.7 Å². The number of aromatic nitrogens is 4. The summed E-state index contributed by atoms with van der Waals surface area (Å²) in [5.41, 5.74) is 8.26. The third-order valence-corrected chi connectivity index (χ3v) is 12.4. The summed E-state index contributed by atoms with van der Waals surface area (Å²) < 4.78 is 13.7. The van der Waals surface area contributed by atoms with E-state index in [1.165, 1.54) is 47.1 Å². The van der Waals surface area contributed by atoms with E-state index in [4.69, 9.17) is 14.7 Å². The van der Waals surface area contributed by atoms with Crippen LogP contribution in [0.1, 0.15) is 0 Å². The van der Waals surface area contributed by atoms with Crippen molar-refractivity contribution >= 4 is 96.8 Å². The van der Waals surface area contributed by atoms with Crippen LogP contribution in [0.15, 0.2) is 158 Å². The number of para-hydroxylation sites is 3. The molecule has 12 aromatic rings. The first kappa shape index (κ1) is 28.6. The summed E-state index contributed by atoms with van der Waals surface area (Å²) in [5.74, 6) is 2.21. The quantitative estimate of drug-likeness (QED) is 0.180. The van der Waals surface area contributed by atoms with Gasteiger partial charge in [-0.15, -0.1) is 11.3 Å². The van der Waals surface area contributed by atoms with Gasteiger partial charge >= 0.3 is 0 Å². The second kappa shape index (κ2) is 10.3. The predicted octanol–water partition coefficient (Wildman–Crippen LogP) is 13.1. The van der Waals surface area contributed by atoms with Gasteiger partial charge in [-0.2, -0.15) is 0 Å². The summed E-state index contributed by atoms with van der Waals surface area (Å²) in [7, 11) is 0. The molecule has 0 N–H and O–H groups in total. The van der Waals surface area contributed by atoms with E-state index in [-0.39, 0.29) is 0 Å². The molecule has 8 aromatic carbocycles. The molecule has 5 heterocycles. The highest BCUT2D eigenvalue weighted by Gasteiger charge is 2.28. The minimum absolute atomic E-state index is 0.630. The van der Waals surface area contributed by atoms with Crippen molar-refractivity contribution in [3.8, 4) is 34.4 Å². The van der Waals surface area contributed by atoms with E-state index in [0.717, 1.165) is 66.8 Å². The molecule has 0 fully saturated rings. The molecule has 0 bridgehead atoms. The van der Waals surface area contributed by atoms with Crippen LogP contribution in [0.2, 0.25) is 0 Å². The Kier molecular flexibility index (Phi) is 5.45. The van der Waals surface area contributed by atoms with Crippen molar-refractivity contribution in [3.63, 3.8) is 0 Å². The van der Waals surface area contributed by atoms with Crippen LogP contribution in [0.5, 0.6) is 11.5 Å². The molecule has 0 saturated carbocycles. The van der Waals surface area contributed by atoms with Crippen molar-refractivity contribution < 1.29 is 4.74 Å². The van der Waals surface area contributed by atoms with Crippen molar-refractivity contribution in [1.29, 1.82) is 0 Å². The molecule has 5 nitrogen and oxygen atoms in total. The molecule has 0 spiro atoms. The smallest absolute Gasteiger partial charge is 0.235 e. The van der Waals surface area contributed by atoms with Gasteiger partial charge in [0.05, 0.1) is 38.7 Å². The van der Waals surface area contributed by atoms with Crippen molar-refractivity contribution in [2.24, 2.45) is 0 Å². The number of nitrogens with zero attached hydrogens (tertiary/aromatic N) is 4. The number of hydrogen-bond donors (Lipinski definition) is 0. The largest absolute Gasteiger partial charge is 0.456 e. The third kappa shape index (κ3) is 3.62. The van der Waals surface area contributed by atoms with Gasteiger partial charge in [0.1, 0.15) is 11.5 Å². The van der Waals surface area contributed by atoms with Crippen LogP contribution in [0.25, 0.3) is 108 Å². The molecular weight excluding hydrogens is 681 g/mol. The standard InChI is InChI=1S/C48H26N4OS/c1-2-14-31-30(13-1)42-32-15-3-7-19-36(32)51(27-24-25-29-28-12-6-10-23-40(28)54-41(29)26-27)46(42)47-43(31)33-16-4-8-20-37(33)52(47)48-49-35-18-11-22-39-44(35)45(50-48)34-17-5-9-21-38(34)53-39/h1-26H. The van der Waals surface area contributed by atoms with Crippen LogP contribution in [0, 0.1) is 0 Å². The molecule has 6 heteroatoms. The molecule has 1 aliphatic rings. The van der Waals surface area contributed by atoms with Gasteiger partial charge < -0.3 is 9.30 Å². The summed E-state index contributed by atoms with van der Waals surface area (Å²) in [5, 5.41) is 10.7. The van der Waals surface area contributed by atoms with Gasteiger partial charge in [-0.3, -0.25) is 4.57 Å². The van der Waals surface area contributed by atoms with Gasteiger partial charge in [0.2, 0.25) is 5.95 Å². The fourth-order valence-corrected chi connectivity index (χ4v) is 10.3. The summed E-state index contributed by atoms with van der Waals surface area (Å²) >= 11 is 1.85. The number of benzene rings is 8. The Morgan fingerprint density at radius 1 is 0.444 bits per heavy atom. The first-order valence-electron chi connectivity index (χ1n) is 18.2. The first-order valence-corrected chi connectivity index (χ1v) is 19.0. The number of fused-ring (bicyclic) bond motifs is 15. The lowest BCUT2D eigenvalue weighted by Gasteiger charge is -2.21. The molecular formula is C48H26N4OS. The Morgan fingerprint density at radius 2 is 1.06 bits per heavy atom. The topological polar surface area (TPSA) is 44.9 Å². The lowest BCUT2D eigenvalue weighted by Crippen LogP contribution is -2.07.